The first-order valence-electron chi connectivity index (χ1n) is 9.02. The third-order valence-electron chi connectivity index (χ3n) is 5.91. The van der Waals surface area contributed by atoms with Gasteiger partial charge < -0.3 is 5.73 Å². The molecule has 1 atom stereocenters. The minimum atomic E-state index is 0.231. The van der Waals surface area contributed by atoms with Gasteiger partial charge in [-0.1, -0.05) is 52.4 Å². The molecular formula is C18H36N2. The first kappa shape index (κ1) is 16.3. The van der Waals surface area contributed by atoms with Gasteiger partial charge in [0.2, 0.25) is 0 Å². The highest BCUT2D eigenvalue weighted by Gasteiger charge is 2.34. The van der Waals surface area contributed by atoms with Crippen LogP contribution < -0.4 is 5.73 Å². The quantitative estimate of drug-likeness (QED) is 0.812. The molecular weight excluding hydrogens is 244 g/mol. The highest BCUT2D eigenvalue weighted by Crippen LogP contribution is 2.33. The van der Waals surface area contributed by atoms with Crippen LogP contribution in [0.4, 0.5) is 0 Å². The van der Waals surface area contributed by atoms with Crippen molar-refractivity contribution < 1.29 is 0 Å². The summed E-state index contributed by atoms with van der Waals surface area (Å²) >= 11 is 0. The molecule has 0 aromatic carbocycles. The van der Waals surface area contributed by atoms with Crippen LogP contribution in [0.15, 0.2) is 0 Å². The van der Waals surface area contributed by atoms with Gasteiger partial charge >= 0.3 is 0 Å². The van der Waals surface area contributed by atoms with E-state index in [1.54, 1.807) is 0 Å². The molecule has 0 aliphatic heterocycles. The molecule has 2 N–H and O–H groups in total. The van der Waals surface area contributed by atoms with E-state index < -0.39 is 0 Å². The highest BCUT2D eigenvalue weighted by atomic mass is 15.2. The van der Waals surface area contributed by atoms with E-state index in [1.807, 2.05) is 0 Å². The Hall–Kier alpha value is -0.0800. The van der Waals surface area contributed by atoms with Gasteiger partial charge in [0.05, 0.1) is 0 Å². The molecule has 2 fully saturated rings. The molecule has 0 aromatic rings. The molecule has 0 bridgehead atoms. The first-order chi connectivity index (χ1) is 9.50. The summed E-state index contributed by atoms with van der Waals surface area (Å²) in [7, 11) is 0. The summed E-state index contributed by atoms with van der Waals surface area (Å²) in [5, 5.41) is 0. The predicted octanol–water partition coefficient (Wildman–Crippen LogP) is 4.33. The van der Waals surface area contributed by atoms with Crippen LogP contribution in [-0.2, 0) is 0 Å². The second-order valence-electron chi connectivity index (χ2n) is 8.03. The molecule has 0 spiro atoms. The van der Waals surface area contributed by atoms with E-state index in [0.717, 1.165) is 12.1 Å². The minimum absolute atomic E-state index is 0.231. The Kier molecular flexibility index (Phi) is 5.92. The van der Waals surface area contributed by atoms with E-state index in [0.29, 0.717) is 0 Å². The molecule has 2 saturated carbocycles. The fourth-order valence-corrected chi connectivity index (χ4v) is 4.00. The molecule has 0 radical (unpaired) electrons. The summed E-state index contributed by atoms with van der Waals surface area (Å²) in [6, 6.07) is 1.95. The second kappa shape index (κ2) is 7.26. The van der Waals surface area contributed by atoms with Gasteiger partial charge in [0.1, 0.15) is 0 Å². The molecule has 2 heteroatoms. The maximum Gasteiger partial charge on any atom is 0.00984 e. The van der Waals surface area contributed by atoms with Gasteiger partial charge in [-0.3, -0.25) is 4.90 Å². The second-order valence-corrected chi connectivity index (χ2v) is 8.03. The van der Waals surface area contributed by atoms with Gasteiger partial charge in [-0.15, -0.1) is 0 Å². The third kappa shape index (κ3) is 4.21. The van der Waals surface area contributed by atoms with Crippen LogP contribution in [0.1, 0.15) is 85.0 Å². The maximum absolute atomic E-state index is 6.25. The Morgan fingerprint density at radius 1 is 0.900 bits per heavy atom. The SMILES string of the molecule is CC(N)C(C)(C)CN(C1CCCCC1)C1CCCCC1. The van der Waals surface area contributed by atoms with Gasteiger partial charge in [0, 0.05) is 24.7 Å². The maximum atomic E-state index is 6.25. The van der Waals surface area contributed by atoms with Crippen molar-refractivity contribution in [1.29, 1.82) is 0 Å². The molecule has 2 nitrogen and oxygen atoms in total. The lowest BCUT2D eigenvalue weighted by atomic mass is 9.81. The molecule has 20 heavy (non-hydrogen) atoms. The summed E-state index contributed by atoms with van der Waals surface area (Å²) in [6.45, 7) is 8.09. The Labute approximate surface area is 126 Å². The fraction of sp³-hybridized carbons (Fsp3) is 1.00. The smallest absolute Gasteiger partial charge is 0.00984 e. The van der Waals surface area contributed by atoms with E-state index in [2.05, 4.69) is 25.7 Å². The highest BCUT2D eigenvalue weighted by molar-refractivity contribution is 4.89. The van der Waals surface area contributed by atoms with Gasteiger partial charge in [0.25, 0.3) is 0 Å². The summed E-state index contributed by atoms with van der Waals surface area (Å²) < 4.78 is 0. The van der Waals surface area contributed by atoms with Crippen molar-refractivity contribution in [3.05, 3.63) is 0 Å². The van der Waals surface area contributed by atoms with Crippen molar-refractivity contribution in [1.82, 2.24) is 4.90 Å². The Morgan fingerprint density at radius 3 is 1.65 bits per heavy atom. The van der Waals surface area contributed by atoms with Crippen molar-refractivity contribution in [3.8, 4) is 0 Å². The number of hydrogen-bond donors (Lipinski definition) is 1. The molecule has 0 heterocycles. The zero-order valence-electron chi connectivity index (χ0n) is 14.0. The third-order valence-corrected chi connectivity index (χ3v) is 5.91. The number of hydrogen-bond acceptors (Lipinski definition) is 2. The van der Waals surface area contributed by atoms with Crippen LogP contribution in [0.25, 0.3) is 0 Å². The van der Waals surface area contributed by atoms with Crippen LogP contribution in [0, 0.1) is 5.41 Å². The number of nitrogens with zero attached hydrogens (tertiary/aromatic N) is 1. The van der Waals surface area contributed by atoms with E-state index >= 15 is 0 Å². The fourth-order valence-electron chi connectivity index (χ4n) is 4.00. The van der Waals surface area contributed by atoms with Crippen LogP contribution in [0.5, 0.6) is 0 Å². The van der Waals surface area contributed by atoms with E-state index in [9.17, 15) is 0 Å². The van der Waals surface area contributed by atoms with Crippen LogP contribution >= 0.6 is 0 Å². The Bertz CT molecular complexity index is 255. The monoisotopic (exact) mass is 280 g/mol. The standard InChI is InChI=1S/C18H36N2/c1-15(19)18(2,3)14-20(16-10-6-4-7-11-16)17-12-8-5-9-13-17/h15-17H,4-14,19H2,1-3H3. The molecule has 2 aliphatic rings. The first-order valence-corrected chi connectivity index (χ1v) is 9.02. The summed E-state index contributed by atoms with van der Waals surface area (Å²) in [5.74, 6) is 0. The minimum Gasteiger partial charge on any atom is -0.327 e. The van der Waals surface area contributed by atoms with Crippen molar-refractivity contribution in [2.45, 2.75) is 103 Å². The van der Waals surface area contributed by atoms with Crippen molar-refractivity contribution in [3.63, 3.8) is 0 Å². The van der Waals surface area contributed by atoms with Crippen LogP contribution in [-0.4, -0.2) is 29.6 Å². The Morgan fingerprint density at radius 2 is 1.30 bits per heavy atom. The number of nitrogens with two attached hydrogens (primary N) is 1. The average molecular weight is 280 g/mol. The molecule has 1 unspecified atom stereocenters. The van der Waals surface area contributed by atoms with Gasteiger partial charge in [-0.05, 0) is 38.0 Å². The van der Waals surface area contributed by atoms with Gasteiger partial charge in [0.15, 0.2) is 0 Å². The summed E-state index contributed by atoms with van der Waals surface area (Å²) in [4.78, 5) is 2.89. The normalized spacial score (nSPS) is 25.1. The average Bonchev–Trinajstić information content (AvgIpc) is 2.46. The van der Waals surface area contributed by atoms with Gasteiger partial charge in [-0.2, -0.15) is 0 Å². The van der Waals surface area contributed by atoms with Gasteiger partial charge in [-0.25, -0.2) is 0 Å². The predicted molar refractivity (Wildman–Crippen MR) is 87.9 cm³/mol. The zero-order chi connectivity index (χ0) is 14.6. The van der Waals surface area contributed by atoms with E-state index in [4.69, 9.17) is 5.73 Å². The van der Waals surface area contributed by atoms with Crippen molar-refractivity contribution >= 4 is 0 Å². The summed E-state index contributed by atoms with van der Waals surface area (Å²) in [6.07, 6.45) is 14.3. The van der Waals surface area contributed by atoms with Crippen molar-refractivity contribution in [2.24, 2.45) is 11.1 Å². The molecule has 2 rings (SSSR count). The largest absolute Gasteiger partial charge is 0.327 e. The van der Waals surface area contributed by atoms with E-state index in [-0.39, 0.29) is 11.5 Å². The lowest BCUT2D eigenvalue weighted by molar-refractivity contribution is 0.0376. The molecule has 118 valence electrons. The lowest BCUT2D eigenvalue weighted by Gasteiger charge is -2.46. The number of rotatable bonds is 5. The van der Waals surface area contributed by atoms with Crippen LogP contribution in [0.3, 0.4) is 0 Å². The molecule has 2 aliphatic carbocycles. The Balaban J connectivity index is 2.05. The summed E-state index contributed by atoms with van der Waals surface area (Å²) in [5.41, 5.74) is 6.48. The molecule has 0 amide bonds. The van der Waals surface area contributed by atoms with Crippen LogP contribution in [0.2, 0.25) is 0 Å². The molecule has 0 aromatic heterocycles. The zero-order valence-corrected chi connectivity index (χ0v) is 14.0. The van der Waals surface area contributed by atoms with E-state index in [1.165, 1.54) is 70.8 Å². The van der Waals surface area contributed by atoms with Crippen molar-refractivity contribution in [2.75, 3.05) is 6.54 Å². The molecule has 0 saturated heterocycles. The lowest BCUT2D eigenvalue weighted by Crippen LogP contribution is -2.52. The topological polar surface area (TPSA) is 29.3 Å².